The summed E-state index contributed by atoms with van der Waals surface area (Å²) in [7, 11) is 0. The van der Waals surface area contributed by atoms with Crippen LogP contribution in [0.4, 0.5) is 4.39 Å². The number of hydrogen-bond acceptors (Lipinski definition) is 1. The third kappa shape index (κ3) is 2.67. The molecule has 0 aliphatic rings. The molecule has 1 rings (SSSR count). The molecule has 0 fully saturated rings. The van der Waals surface area contributed by atoms with Crippen molar-refractivity contribution in [3.63, 3.8) is 0 Å². The fraction of sp³-hybridized carbons (Fsp3) is 0.333. The summed E-state index contributed by atoms with van der Waals surface area (Å²) in [4.78, 5) is 0. The lowest BCUT2D eigenvalue weighted by atomic mass is 10.0. The summed E-state index contributed by atoms with van der Waals surface area (Å²) in [6.45, 7) is 5.66. The monoisotopic (exact) mass is 194 g/mol. The van der Waals surface area contributed by atoms with E-state index in [1.165, 1.54) is 12.1 Å². The Hall–Kier alpha value is -1.15. The van der Waals surface area contributed by atoms with Gasteiger partial charge in [-0.3, -0.25) is 0 Å². The average molecular weight is 194 g/mol. The highest BCUT2D eigenvalue weighted by Gasteiger charge is 2.08. The second-order valence-electron chi connectivity index (χ2n) is 3.69. The summed E-state index contributed by atoms with van der Waals surface area (Å²) in [5, 5.41) is 9.75. The predicted molar refractivity (Wildman–Crippen MR) is 55.5 cm³/mol. The van der Waals surface area contributed by atoms with E-state index in [2.05, 4.69) is 0 Å². The van der Waals surface area contributed by atoms with Crippen molar-refractivity contribution in [2.24, 2.45) is 0 Å². The van der Waals surface area contributed by atoms with Crippen LogP contribution in [0.2, 0.25) is 0 Å². The maximum atomic E-state index is 12.9. The van der Waals surface area contributed by atoms with E-state index in [1.807, 2.05) is 20.8 Å². The normalized spacial score (nSPS) is 12.4. The molecule has 1 aromatic carbocycles. The van der Waals surface area contributed by atoms with Crippen molar-refractivity contribution in [3.05, 3.63) is 46.8 Å². The third-order valence-electron chi connectivity index (χ3n) is 2.05. The van der Waals surface area contributed by atoms with E-state index in [0.29, 0.717) is 5.56 Å². The first-order chi connectivity index (χ1) is 6.50. The Morgan fingerprint density at radius 2 is 2.07 bits per heavy atom. The van der Waals surface area contributed by atoms with Crippen LogP contribution < -0.4 is 0 Å². The van der Waals surface area contributed by atoms with Crippen LogP contribution in [0.25, 0.3) is 0 Å². The Morgan fingerprint density at radius 1 is 1.43 bits per heavy atom. The van der Waals surface area contributed by atoms with Crippen LogP contribution in [0.3, 0.4) is 0 Å². The van der Waals surface area contributed by atoms with Crippen LogP contribution in [-0.2, 0) is 0 Å². The quantitative estimate of drug-likeness (QED) is 0.717. The molecular weight excluding hydrogens is 179 g/mol. The molecule has 0 saturated carbocycles. The average Bonchev–Trinajstić information content (AvgIpc) is 2.08. The minimum Gasteiger partial charge on any atom is -0.384 e. The SMILES string of the molecule is CC(C)=CC(O)c1cc(F)ccc1C. The minimum absolute atomic E-state index is 0.313. The second-order valence-corrected chi connectivity index (χ2v) is 3.69. The highest BCUT2D eigenvalue weighted by atomic mass is 19.1. The molecule has 1 aromatic rings. The third-order valence-corrected chi connectivity index (χ3v) is 2.05. The van der Waals surface area contributed by atoms with Gasteiger partial charge in [0.05, 0.1) is 6.10 Å². The van der Waals surface area contributed by atoms with Gasteiger partial charge in [-0.1, -0.05) is 17.7 Å². The zero-order valence-corrected chi connectivity index (χ0v) is 8.71. The van der Waals surface area contributed by atoms with Gasteiger partial charge in [0, 0.05) is 0 Å². The standard InChI is InChI=1S/C12H15FO/c1-8(2)6-12(14)11-7-10(13)5-4-9(11)3/h4-7,12,14H,1-3H3. The van der Waals surface area contributed by atoms with Crippen molar-refractivity contribution >= 4 is 0 Å². The molecule has 0 aliphatic heterocycles. The smallest absolute Gasteiger partial charge is 0.123 e. The van der Waals surface area contributed by atoms with E-state index in [1.54, 1.807) is 12.1 Å². The van der Waals surface area contributed by atoms with Gasteiger partial charge in [0.2, 0.25) is 0 Å². The second kappa shape index (κ2) is 4.38. The fourth-order valence-corrected chi connectivity index (χ4v) is 1.34. The molecule has 0 bridgehead atoms. The maximum absolute atomic E-state index is 12.9. The van der Waals surface area contributed by atoms with Crippen molar-refractivity contribution in [3.8, 4) is 0 Å². The summed E-state index contributed by atoms with van der Waals surface area (Å²) in [6, 6.07) is 4.44. The molecule has 0 amide bonds. The van der Waals surface area contributed by atoms with Crippen molar-refractivity contribution in [2.45, 2.75) is 26.9 Å². The molecule has 1 unspecified atom stereocenters. The first-order valence-corrected chi connectivity index (χ1v) is 4.60. The molecule has 0 saturated heterocycles. The molecule has 0 radical (unpaired) electrons. The number of aryl methyl sites for hydroxylation is 1. The summed E-state index contributed by atoms with van der Waals surface area (Å²) < 4.78 is 12.9. The molecule has 0 spiro atoms. The first-order valence-electron chi connectivity index (χ1n) is 4.60. The Morgan fingerprint density at radius 3 is 2.64 bits per heavy atom. The summed E-state index contributed by atoms with van der Waals surface area (Å²) in [6.07, 6.45) is 0.998. The van der Waals surface area contributed by atoms with E-state index in [0.717, 1.165) is 11.1 Å². The molecule has 0 aliphatic carbocycles. The molecule has 0 heterocycles. The first kappa shape index (κ1) is 10.9. The van der Waals surface area contributed by atoms with Gasteiger partial charge in [0.25, 0.3) is 0 Å². The van der Waals surface area contributed by atoms with E-state index >= 15 is 0 Å². The van der Waals surface area contributed by atoms with Gasteiger partial charge in [-0.15, -0.1) is 0 Å². The van der Waals surface area contributed by atoms with Gasteiger partial charge in [0.15, 0.2) is 0 Å². The summed E-state index contributed by atoms with van der Waals surface area (Å²) >= 11 is 0. The molecule has 1 N–H and O–H groups in total. The van der Waals surface area contributed by atoms with Crippen molar-refractivity contribution in [1.29, 1.82) is 0 Å². The van der Waals surface area contributed by atoms with E-state index in [-0.39, 0.29) is 5.82 Å². The highest BCUT2D eigenvalue weighted by molar-refractivity contribution is 5.31. The zero-order valence-electron chi connectivity index (χ0n) is 8.71. The number of allylic oxidation sites excluding steroid dienone is 1. The van der Waals surface area contributed by atoms with Crippen LogP contribution in [-0.4, -0.2) is 5.11 Å². The van der Waals surface area contributed by atoms with E-state index in [4.69, 9.17) is 0 Å². The van der Waals surface area contributed by atoms with Gasteiger partial charge in [-0.2, -0.15) is 0 Å². The Labute approximate surface area is 83.9 Å². The number of aliphatic hydroxyl groups excluding tert-OH is 1. The Kier molecular flexibility index (Phi) is 3.42. The van der Waals surface area contributed by atoms with Crippen LogP contribution >= 0.6 is 0 Å². The van der Waals surface area contributed by atoms with Crippen LogP contribution in [0, 0.1) is 12.7 Å². The molecule has 14 heavy (non-hydrogen) atoms. The van der Waals surface area contributed by atoms with Gasteiger partial charge in [-0.05, 0) is 44.0 Å². The lowest BCUT2D eigenvalue weighted by Crippen LogP contribution is -1.98. The lowest BCUT2D eigenvalue weighted by molar-refractivity contribution is 0.226. The number of benzene rings is 1. The number of rotatable bonds is 2. The minimum atomic E-state index is -0.712. The van der Waals surface area contributed by atoms with E-state index < -0.39 is 6.10 Å². The highest BCUT2D eigenvalue weighted by Crippen LogP contribution is 2.20. The van der Waals surface area contributed by atoms with Gasteiger partial charge in [0.1, 0.15) is 5.82 Å². The number of hydrogen-bond donors (Lipinski definition) is 1. The predicted octanol–water partition coefficient (Wildman–Crippen LogP) is 3.13. The topological polar surface area (TPSA) is 20.2 Å². The number of halogens is 1. The van der Waals surface area contributed by atoms with Crippen LogP contribution in [0.5, 0.6) is 0 Å². The van der Waals surface area contributed by atoms with Gasteiger partial charge < -0.3 is 5.11 Å². The zero-order chi connectivity index (χ0) is 10.7. The molecule has 1 nitrogen and oxygen atoms in total. The summed E-state index contributed by atoms with van der Waals surface area (Å²) in [5.41, 5.74) is 2.55. The van der Waals surface area contributed by atoms with Gasteiger partial charge in [-0.25, -0.2) is 4.39 Å². The Balaban J connectivity index is 3.05. The van der Waals surface area contributed by atoms with Crippen molar-refractivity contribution in [1.82, 2.24) is 0 Å². The van der Waals surface area contributed by atoms with Crippen molar-refractivity contribution < 1.29 is 9.50 Å². The summed E-state index contributed by atoms with van der Waals surface area (Å²) in [5.74, 6) is -0.313. The van der Waals surface area contributed by atoms with Gasteiger partial charge >= 0.3 is 0 Å². The van der Waals surface area contributed by atoms with Crippen LogP contribution in [0.15, 0.2) is 29.8 Å². The fourth-order valence-electron chi connectivity index (χ4n) is 1.34. The molecule has 76 valence electrons. The molecule has 1 atom stereocenters. The Bertz CT molecular complexity index is 351. The maximum Gasteiger partial charge on any atom is 0.123 e. The van der Waals surface area contributed by atoms with E-state index in [9.17, 15) is 9.50 Å². The largest absolute Gasteiger partial charge is 0.384 e. The number of aliphatic hydroxyl groups is 1. The molecule has 0 aromatic heterocycles. The van der Waals surface area contributed by atoms with Crippen molar-refractivity contribution in [2.75, 3.05) is 0 Å². The molecular formula is C12H15FO. The van der Waals surface area contributed by atoms with Crippen LogP contribution in [0.1, 0.15) is 31.1 Å². The molecule has 2 heteroatoms. The lowest BCUT2D eigenvalue weighted by Gasteiger charge is -2.10.